The lowest BCUT2D eigenvalue weighted by atomic mass is 10.2. The Morgan fingerprint density at radius 2 is 1.59 bits per heavy atom. The molecule has 1 aromatic heterocycles. The molecule has 1 aliphatic heterocycles. The number of alkyl halides is 3. The number of pyridine rings is 1. The predicted octanol–water partition coefficient (Wildman–Crippen LogP) is 3.67. The summed E-state index contributed by atoms with van der Waals surface area (Å²) < 4.78 is 89.7. The summed E-state index contributed by atoms with van der Waals surface area (Å²) in [6, 6.07) is 11.3. The molecule has 1 fully saturated rings. The number of rotatable bonds is 8. The maximum atomic E-state index is 13.2. The molecule has 1 unspecified atom stereocenters. The molecule has 0 spiro atoms. The molecule has 0 saturated carbocycles. The minimum Gasteiger partial charge on any atom is -0.308 e. The van der Waals surface area contributed by atoms with Gasteiger partial charge in [-0.15, -0.1) is 0 Å². The number of nitrogens with zero attached hydrogens (tertiary/aromatic N) is 3. The second kappa shape index (κ2) is 10.3. The first-order chi connectivity index (χ1) is 18.2. The Hall–Kier alpha value is -3.98. The Morgan fingerprint density at radius 1 is 0.949 bits per heavy atom. The topological polar surface area (TPSA) is 134 Å². The summed E-state index contributed by atoms with van der Waals surface area (Å²) >= 11 is 0. The zero-order chi connectivity index (χ0) is 28.6. The number of hydrogen-bond donors (Lipinski definition) is 1. The maximum Gasteiger partial charge on any atom is 0.501 e. The van der Waals surface area contributed by atoms with E-state index >= 15 is 0 Å². The van der Waals surface area contributed by atoms with Crippen LogP contribution in [0.2, 0.25) is 0 Å². The normalized spacial score (nSPS) is 16.6. The van der Waals surface area contributed by atoms with Crippen LogP contribution in [0.4, 0.5) is 29.3 Å². The predicted molar refractivity (Wildman–Crippen MR) is 134 cm³/mol. The first-order valence-electron chi connectivity index (χ1n) is 11.2. The van der Waals surface area contributed by atoms with Crippen molar-refractivity contribution in [2.45, 2.75) is 35.7 Å². The second-order valence-electron chi connectivity index (χ2n) is 8.58. The molecular formula is C24H21F3N4O6S2. The van der Waals surface area contributed by atoms with E-state index in [0.717, 1.165) is 21.9 Å². The molecule has 1 saturated heterocycles. The second-order valence-corrected chi connectivity index (χ2v) is 12.2. The Labute approximate surface area is 222 Å². The third-order valence-electron chi connectivity index (χ3n) is 5.91. The van der Waals surface area contributed by atoms with Crippen LogP contribution in [0.5, 0.6) is 0 Å². The van der Waals surface area contributed by atoms with Gasteiger partial charge in [-0.2, -0.15) is 13.2 Å². The standard InChI is InChI=1S/C24H21F3N4O6S2/c1-16-22(32)31(19-7-9-20(10-8-19)39(36,37)24(25,26)27)23(33)30(16)14-18-11-12-28-13-21(18)29-38(34,35)15-17-5-3-2-4-6-17/h2-13,16,29H,14-15H2,1H3. The molecule has 3 aromatic rings. The highest BCUT2D eigenvalue weighted by molar-refractivity contribution is 7.92. The number of carbonyl (C=O) groups is 2. The van der Waals surface area contributed by atoms with Gasteiger partial charge < -0.3 is 4.90 Å². The Bertz CT molecular complexity index is 1610. The minimum atomic E-state index is -5.61. The van der Waals surface area contributed by atoms with Gasteiger partial charge in [-0.05, 0) is 48.4 Å². The fourth-order valence-corrected chi connectivity index (χ4v) is 5.88. The molecular weight excluding hydrogens is 561 g/mol. The molecule has 15 heteroatoms. The molecule has 1 aliphatic rings. The van der Waals surface area contributed by atoms with Crippen molar-refractivity contribution in [1.82, 2.24) is 9.88 Å². The highest BCUT2D eigenvalue weighted by Gasteiger charge is 2.47. The number of carbonyl (C=O) groups excluding carboxylic acids is 2. The van der Waals surface area contributed by atoms with E-state index in [1.807, 2.05) is 0 Å². The summed E-state index contributed by atoms with van der Waals surface area (Å²) in [6.07, 6.45) is 2.65. The average Bonchev–Trinajstić information content (AvgIpc) is 3.07. The van der Waals surface area contributed by atoms with E-state index in [4.69, 9.17) is 0 Å². The van der Waals surface area contributed by atoms with Crippen molar-refractivity contribution in [3.8, 4) is 0 Å². The van der Waals surface area contributed by atoms with Crippen LogP contribution >= 0.6 is 0 Å². The fourth-order valence-electron chi connectivity index (χ4n) is 3.89. The van der Waals surface area contributed by atoms with Crippen LogP contribution in [0, 0.1) is 0 Å². The quantitative estimate of drug-likeness (QED) is 0.401. The van der Waals surface area contributed by atoms with Crippen molar-refractivity contribution >= 4 is 43.2 Å². The molecule has 0 radical (unpaired) electrons. The van der Waals surface area contributed by atoms with Gasteiger partial charge in [0.25, 0.3) is 15.7 Å². The summed E-state index contributed by atoms with van der Waals surface area (Å²) in [6.45, 7) is 1.23. The molecule has 0 bridgehead atoms. The highest BCUT2D eigenvalue weighted by Crippen LogP contribution is 2.33. The number of benzene rings is 2. The monoisotopic (exact) mass is 582 g/mol. The first-order valence-corrected chi connectivity index (χ1v) is 14.4. The van der Waals surface area contributed by atoms with Crippen LogP contribution in [-0.2, 0) is 37.0 Å². The number of amides is 3. The molecule has 3 amide bonds. The summed E-state index contributed by atoms with van der Waals surface area (Å²) in [5.74, 6) is -1.01. The van der Waals surface area contributed by atoms with Crippen molar-refractivity contribution in [2.24, 2.45) is 0 Å². The molecule has 2 heterocycles. The van der Waals surface area contributed by atoms with Gasteiger partial charge >= 0.3 is 11.5 Å². The summed E-state index contributed by atoms with van der Waals surface area (Å²) in [7, 11) is -9.47. The summed E-state index contributed by atoms with van der Waals surface area (Å²) in [5, 5.41) is 0. The Balaban J connectivity index is 1.55. The van der Waals surface area contributed by atoms with Gasteiger partial charge in [-0.25, -0.2) is 26.5 Å². The van der Waals surface area contributed by atoms with E-state index < -0.39 is 48.2 Å². The molecule has 39 heavy (non-hydrogen) atoms. The lowest BCUT2D eigenvalue weighted by Gasteiger charge is -2.21. The lowest BCUT2D eigenvalue weighted by molar-refractivity contribution is -0.119. The first kappa shape index (κ1) is 28.0. The van der Waals surface area contributed by atoms with Crippen molar-refractivity contribution in [2.75, 3.05) is 9.62 Å². The minimum absolute atomic E-state index is 0.0982. The molecule has 10 nitrogen and oxygen atoms in total. The number of sulfonamides is 1. The van der Waals surface area contributed by atoms with E-state index in [1.165, 1.54) is 25.4 Å². The van der Waals surface area contributed by atoms with Crippen LogP contribution in [-0.4, -0.2) is 50.2 Å². The fraction of sp³-hybridized carbons (Fsp3) is 0.208. The zero-order valence-electron chi connectivity index (χ0n) is 20.2. The van der Waals surface area contributed by atoms with Gasteiger partial charge in [0.1, 0.15) is 6.04 Å². The number of sulfone groups is 1. The number of anilines is 2. The number of nitrogens with one attached hydrogen (secondary N) is 1. The number of halogens is 3. The van der Waals surface area contributed by atoms with Gasteiger partial charge in [0.05, 0.1) is 34.8 Å². The number of hydrogen-bond acceptors (Lipinski definition) is 7. The molecule has 1 N–H and O–H groups in total. The van der Waals surface area contributed by atoms with E-state index in [2.05, 4.69) is 9.71 Å². The zero-order valence-corrected chi connectivity index (χ0v) is 21.8. The van der Waals surface area contributed by atoms with Crippen molar-refractivity contribution < 1.29 is 39.6 Å². The van der Waals surface area contributed by atoms with Gasteiger partial charge in [-0.1, -0.05) is 30.3 Å². The third-order valence-corrected chi connectivity index (χ3v) is 8.66. The summed E-state index contributed by atoms with van der Waals surface area (Å²) in [4.78, 5) is 30.9. The van der Waals surface area contributed by atoms with E-state index in [-0.39, 0.29) is 23.7 Å². The van der Waals surface area contributed by atoms with Gasteiger partial charge in [0, 0.05) is 6.20 Å². The van der Waals surface area contributed by atoms with Crippen LogP contribution in [0.25, 0.3) is 0 Å². The van der Waals surface area contributed by atoms with Crippen LogP contribution < -0.4 is 9.62 Å². The average molecular weight is 583 g/mol. The Morgan fingerprint density at radius 3 is 2.21 bits per heavy atom. The van der Waals surface area contributed by atoms with Crippen molar-refractivity contribution in [3.63, 3.8) is 0 Å². The van der Waals surface area contributed by atoms with Gasteiger partial charge in [-0.3, -0.25) is 14.5 Å². The molecule has 1 atom stereocenters. The molecule has 0 aliphatic carbocycles. The van der Waals surface area contributed by atoms with Gasteiger partial charge in [0.15, 0.2) is 0 Å². The van der Waals surface area contributed by atoms with Crippen molar-refractivity contribution in [1.29, 1.82) is 0 Å². The molecule has 2 aromatic carbocycles. The van der Waals surface area contributed by atoms with E-state index in [9.17, 15) is 39.6 Å². The van der Waals surface area contributed by atoms with Gasteiger partial charge in [0.2, 0.25) is 10.0 Å². The Kier molecular flexibility index (Phi) is 7.40. The van der Waals surface area contributed by atoms with Crippen LogP contribution in [0.3, 0.4) is 0 Å². The maximum absolute atomic E-state index is 13.2. The number of urea groups is 1. The molecule has 4 rings (SSSR count). The van der Waals surface area contributed by atoms with Crippen LogP contribution in [0.1, 0.15) is 18.1 Å². The molecule has 206 valence electrons. The van der Waals surface area contributed by atoms with E-state index in [1.54, 1.807) is 30.3 Å². The van der Waals surface area contributed by atoms with Crippen molar-refractivity contribution in [3.05, 3.63) is 84.2 Å². The summed E-state index contributed by atoms with van der Waals surface area (Å²) in [5.41, 5.74) is -4.65. The van der Waals surface area contributed by atoms with Crippen LogP contribution in [0.15, 0.2) is 78.0 Å². The lowest BCUT2D eigenvalue weighted by Crippen LogP contribution is -2.34. The highest BCUT2D eigenvalue weighted by atomic mass is 32.2. The largest absolute Gasteiger partial charge is 0.501 e. The third kappa shape index (κ3) is 5.73. The SMILES string of the molecule is CC1C(=O)N(c2ccc(S(=O)(=O)C(F)(F)F)cc2)C(=O)N1Cc1ccncc1NS(=O)(=O)Cc1ccccc1. The smallest absolute Gasteiger partial charge is 0.308 e. The van der Waals surface area contributed by atoms with E-state index in [0.29, 0.717) is 23.3 Å². The number of aromatic nitrogens is 1. The number of imide groups is 1.